The van der Waals surface area contributed by atoms with Crippen LogP contribution in [0.3, 0.4) is 0 Å². The number of hydrogen-bond acceptors (Lipinski definition) is 2. The van der Waals surface area contributed by atoms with Crippen molar-refractivity contribution in [2.24, 2.45) is 5.73 Å². The summed E-state index contributed by atoms with van der Waals surface area (Å²) in [5.74, 6) is 0.318. The van der Waals surface area contributed by atoms with E-state index >= 15 is 0 Å². The van der Waals surface area contributed by atoms with Gasteiger partial charge in [0, 0.05) is 23.6 Å². The van der Waals surface area contributed by atoms with Gasteiger partial charge in [0.25, 0.3) is 0 Å². The Balaban J connectivity index is 0.00000161. The zero-order valence-electron chi connectivity index (χ0n) is 12.1. The van der Waals surface area contributed by atoms with Gasteiger partial charge in [-0.05, 0) is 43.4 Å². The van der Waals surface area contributed by atoms with Crippen LogP contribution in [0.2, 0.25) is 0 Å². The van der Waals surface area contributed by atoms with Gasteiger partial charge in [0.1, 0.15) is 0 Å². The van der Waals surface area contributed by atoms with Gasteiger partial charge >= 0.3 is 0 Å². The molecule has 0 radical (unpaired) electrons. The highest BCUT2D eigenvalue weighted by Gasteiger charge is 2.47. The molecule has 0 bridgehead atoms. The molecule has 1 aromatic carbocycles. The molecule has 1 saturated carbocycles. The first-order valence-corrected chi connectivity index (χ1v) is 8.22. The second-order valence-corrected chi connectivity index (χ2v) is 6.99. The molecule has 0 aromatic heterocycles. The fourth-order valence-electron chi connectivity index (χ4n) is 3.33. The van der Waals surface area contributed by atoms with Crippen LogP contribution in [0.5, 0.6) is 0 Å². The van der Waals surface area contributed by atoms with Crippen LogP contribution in [0.25, 0.3) is 0 Å². The number of nitrogens with zero attached hydrogens (tertiary/aromatic N) is 1. The quantitative estimate of drug-likeness (QED) is 0.865. The van der Waals surface area contributed by atoms with Crippen molar-refractivity contribution in [3.63, 3.8) is 0 Å². The Hall–Kier alpha value is -0.580. The molecule has 1 amide bonds. The third-order valence-corrected chi connectivity index (χ3v) is 5.37. The minimum atomic E-state index is -0.262. The molecule has 1 aromatic rings. The van der Waals surface area contributed by atoms with Gasteiger partial charge in [-0.15, -0.1) is 12.4 Å². The molecule has 21 heavy (non-hydrogen) atoms. The molecule has 5 heteroatoms. The number of amides is 1. The standard InChI is InChI=1S/C16H21BrN2O.ClH/c17-13-4-2-12(3-5-13)16(8-1-9-16)15(20)19-10-6-14(18)7-11-19;/h2-5,14H,1,6-11,18H2;1H. The first-order valence-electron chi connectivity index (χ1n) is 7.43. The van der Waals surface area contributed by atoms with Crippen molar-refractivity contribution in [2.75, 3.05) is 13.1 Å². The Bertz CT molecular complexity index is 494. The smallest absolute Gasteiger partial charge is 0.233 e. The maximum atomic E-state index is 13.0. The average molecular weight is 374 g/mol. The van der Waals surface area contributed by atoms with Crippen molar-refractivity contribution in [3.8, 4) is 0 Å². The minimum absolute atomic E-state index is 0. The van der Waals surface area contributed by atoms with Gasteiger partial charge in [-0.3, -0.25) is 4.79 Å². The van der Waals surface area contributed by atoms with Gasteiger partial charge in [-0.1, -0.05) is 34.5 Å². The van der Waals surface area contributed by atoms with Gasteiger partial charge in [0.05, 0.1) is 5.41 Å². The lowest BCUT2D eigenvalue weighted by molar-refractivity contribution is -0.142. The first-order chi connectivity index (χ1) is 9.62. The highest BCUT2D eigenvalue weighted by atomic mass is 79.9. The number of carbonyl (C=O) groups excluding carboxylic acids is 1. The topological polar surface area (TPSA) is 46.3 Å². The van der Waals surface area contributed by atoms with E-state index < -0.39 is 0 Å². The van der Waals surface area contributed by atoms with Crippen LogP contribution in [0.15, 0.2) is 28.7 Å². The molecular weight excluding hydrogens is 352 g/mol. The molecule has 1 aliphatic heterocycles. The Morgan fingerprint density at radius 2 is 1.76 bits per heavy atom. The van der Waals surface area contributed by atoms with Gasteiger partial charge in [0.15, 0.2) is 0 Å². The molecule has 1 heterocycles. The van der Waals surface area contributed by atoms with E-state index in [4.69, 9.17) is 5.73 Å². The number of piperidine rings is 1. The molecule has 0 spiro atoms. The summed E-state index contributed by atoms with van der Waals surface area (Å²) in [6.07, 6.45) is 4.98. The predicted molar refractivity (Wildman–Crippen MR) is 90.7 cm³/mol. The van der Waals surface area contributed by atoms with Crippen molar-refractivity contribution in [1.82, 2.24) is 4.90 Å². The van der Waals surface area contributed by atoms with Gasteiger partial charge in [-0.2, -0.15) is 0 Å². The van der Waals surface area contributed by atoms with Crippen molar-refractivity contribution in [3.05, 3.63) is 34.3 Å². The summed E-state index contributed by atoms with van der Waals surface area (Å²) in [6, 6.07) is 8.53. The summed E-state index contributed by atoms with van der Waals surface area (Å²) in [6.45, 7) is 1.64. The van der Waals surface area contributed by atoms with Crippen LogP contribution in [0.1, 0.15) is 37.7 Å². The fraction of sp³-hybridized carbons (Fsp3) is 0.562. The van der Waals surface area contributed by atoms with E-state index in [2.05, 4.69) is 28.1 Å². The molecule has 3 rings (SSSR count). The summed E-state index contributed by atoms with van der Waals surface area (Å²) in [4.78, 5) is 15.0. The minimum Gasteiger partial charge on any atom is -0.342 e. The third kappa shape index (κ3) is 3.13. The van der Waals surface area contributed by atoms with Crippen LogP contribution >= 0.6 is 28.3 Å². The molecule has 1 aliphatic carbocycles. The van der Waals surface area contributed by atoms with E-state index in [9.17, 15) is 4.79 Å². The van der Waals surface area contributed by atoms with E-state index in [1.807, 2.05) is 17.0 Å². The van der Waals surface area contributed by atoms with E-state index in [1.54, 1.807) is 0 Å². The fourth-order valence-corrected chi connectivity index (χ4v) is 3.59. The van der Waals surface area contributed by atoms with Crippen LogP contribution < -0.4 is 5.73 Å². The third-order valence-electron chi connectivity index (χ3n) is 4.84. The van der Waals surface area contributed by atoms with Crippen LogP contribution in [-0.4, -0.2) is 29.9 Å². The molecule has 2 N–H and O–H groups in total. The van der Waals surface area contributed by atoms with Crippen LogP contribution in [0, 0.1) is 0 Å². The Kier molecular flexibility index (Phi) is 5.33. The van der Waals surface area contributed by atoms with E-state index in [-0.39, 0.29) is 23.9 Å². The number of hydrogen-bond donors (Lipinski definition) is 1. The number of benzene rings is 1. The lowest BCUT2D eigenvalue weighted by atomic mass is 9.63. The van der Waals surface area contributed by atoms with Crippen molar-refractivity contribution < 1.29 is 4.79 Å². The van der Waals surface area contributed by atoms with Crippen molar-refractivity contribution >= 4 is 34.2 Å². The monoisotopic (exact) mass is 372 g/mol. The average Bonchev–Trinajstić information content (AvgIpc) is 2.40. The van der Waals surface area contributed by atoms with Gasteiger partial charge in [-0.25, -0.2) is 0 Å². The molecule has 3 nitrogen and oxygen atoms in total. The second-order valence-electron chi connectivity index (χ2n) is 6.07. The number of rotatable bonds is 2. The van der Waals surface area contributed by atoms with Crippen molar-refractivity contribution in [1.29, 1.82) is 0 Å². The first kappa shape index (κ1) is 16.8. The molecule has 0 atom stereocenters. The molecule has 0 unspecified atom stereocenters. The Labute approximate surface area is 140 Å². The SMILES string of the molecule is Cl.NC1CCN(C(=O)C2(c3ccc(Br)cc3)CCC2)CC1. The van der Waals surface area contributed by atoms with E-state index in [0.29, 0.717) is 5.91 Å². The number of nitrogens with two attached hydrogens (primary N) is 1. The Morgan fingerprint density at radius 3 is 2.24 bits per heavy atom. The maximum Gasteiger partial charge on any atom is 0.233 e. The normalized spacial score (nSPS) is 21.3. The lowest BCUT2D eigenvalue weighted by Crippen LogP contribution is -2.54. The van der Waals surface area contributed by atoms with Gasteiger partial charge in [0.2, 0.25) is 5.91 Å². The second kappa shape index (κ2) is 6.67. The molecule has 116 valence electrons. The largest absolute Gasteiger partial charge is 0.342 e. The maximum absolute atomic E-state index is 13.0. The van der Waals surface area contributed by atoms with Crippen LogP contribution in [-0.2, 0) is 10.2 Å². The van der Waals surface area contributed by atoms with E-state index in [0.717, 1.165) is 49.7 Å². The predicted octanol–water partition coefficient (Wildman–Crippen LogP) is 3.24. The van der Waals surface area contributed by atoms with E-state index in [1.165, 1.54) is 5.56 Å². The number of halogens is 2. The summed E-state index contributed by atoms with van der Waals surface area (Å²) in [5.41, 5.74) is 6.85. The molecule has 1 saturated heterocycles. The highest BCUT2D eigenvalue weighted by Crippen LogP contribution is 2.45. The molecule has 2 aliphatic rings. The summed E-state index contributed by atoms with van der Waals surface area (Å²) >= 11 is 3.46. The number of likely N-dealkylation sites (tertiary alicyclic amines) is 1. The highest BCUT2D eigenvalue weighted by molar-refractivity contribution is 9.10. The summed E-state index contributed by atoms with van der Waals surface area (Å²) in [7, 11) is 0. The zero-order chi connectivity index (χ0) is 14.2. The van der Waals surface area contributed by atoms with Crippen LogP contribution in [0.4, 0.5) is 0 Å². The molecule has 2 fully saturated rings. The Morgan fingerprint density at radius 1 is 1.19 bits per heavy atom. The zero-order valence-corrected chi connectivity index (χ0v) is 14.5. The molecular formula is C16H22BrClN2O. The van der Waals surface area contributed by atoms with Crippen molar-refractivity contribution in [2.45, 2.75) is 43.6 Å². The lowest BCUT2D eigenvalue weighted by Gasteiger charge is -2.45. The van der Waals surface area contributed by atoms with Gasteiger partial charge < -0.3 is 10.6 Å². The number of carbonyl (C=O) groups is 1. The summed E-state index contributed by atoms with van der Waals surface area (Å²) < 4.78 is 1.06. The summed E-state index contributed by atoms with van der Waals surface area (Å²) in [5, 5.41) is 0.